The van der Waals surface area contributed by atoms with Crippen LogP contribution in [-0.4, -0.2) is 34.9 Å². The fourth-order valence-corrected chi connectivity index (χ4v) is 3.52. The molecule has 0 aliphatic heterocycles. The van der Waals surface area contributed by atoms with Gasteiger partial charge in [0.05, 0.1) is 12.8 Å². The minimum atomic E-state index is -1.73. The molecule has 6 nitrogen and oxygen atoms in total. The topological polar surface area (TPSA) is 78.9 Å². The SMILES string of the molecule is C=C(CC(=O)OC1(c2cc(Cl)cc(Cl)c2)CCC1)C(=O)OCCC(=O)OCC(Cl)(Cl)Cl. The summed E-state index contributed by atoms with van der Waals surface area (Å²) < 4.78 is 13.6. The third kappa shape index (κ3) is 8.35. The maximum absolute atomic E-state index is 12.4. The molecule has 1 saturated carbocycles. The lowest BCUT2D eigenvalue weighted by Crippen LogP contribution is -2.39. The van der Waals surface area contributed by atoms with Crippen LogP contribution in [-0.2, 0) is 34.2 Å². The molecule has 0 heterocycles. The van der Waals surface area contributed by atoms with Gasteiger partial charge in [0.1, 0.15) is 18.8 Å². The van der Waals surface area contributed by atoms with E-state index in [1.165, 1.54) is 0 Å². The monoisotopic (exact) mass is 530 g/mol. The fourth-order valence-electron chi connectivity index (χ4n) is 2.83. The van der Waals surface area contributed by atoms with Crippen LogP contribution in [0.2, 0.25) is 10.0 Å². The molecule has 0 amide bonds. The number of hydrogen-bond donors (Lipinski definition) is 0. The molecule has 0 bridgehead atoms. The highest BCUT2D eigenvalue weighted by Gasteiger charge is 2.43. The molecule has 2 rings (SSSR count). The molecule has 170 valence electrons. The zero-order valence-electron chi connectivity index (χ0n) is 16.2. The van der Waals surface area contributed by atoms with Gasteiger partial charge in [0.15, 0.2) is 0 Å². The fraction of sp³-hybridized carbons (Fsp3) is 0.450. The Labute approximate surface area is 204 Å². The molecule has 0 N–H and O–H groups in total. The van der Waals surface area contributed by atoms with E-state index in [4.69, 9.17) is 72.2 Å². The maximum Gasteiger partial charge on any atom is 0.334 e. The smallest absolute Gasteiger partial charge is 0.334 e. The molecule has 0 radical (unpaired) electrons. The summed E-state index contributed by atoms with van der Waals surface area (Å²) in [5, 5.41) is 0.871. The van der Waals surface area contributed by atoms with Crippen LogP contribution in [0.1, 0.15) is 37.7 Å². The zero-order valence-corrected chi connectivity index (χ0v) is 20.0. The second-order valence-corrected chi connectivity index (χ2v) is 10.3. The van der Waals surface area contributed by atoms with Crippen LogP contribution in [0.25, 0.3) is 0 Å². The molecular formula is C20H19Cl5O6. The molecular weight excluding hydrogens is 513 g/mol. The van der Waals surface area contributed by atoms with Gasteiger partial charge in [-0.1, -0.05) is 64.6 Å². The average Bonchev–Trinajstić information content (AvgIpc) is 2.61. The molecule has 0 spiro atoms. The molecule has 1 fully saturated rings. The molecule has 0 unspecified atom stereocenters. The van der Waals surface area contributed by atoms with E-state index in [0.29, 0.717) is 28.5 Å². The molecule has 0 atom stereocenters. The summed E-state index contributed by atoms with van der Waals surface area (Å²) in [6.07, 6.45) is 1.48. The predicted octanol–water partition coefficient (Wildman–Crippen LogP) is 5.71. The lowest BCUT2D eigenvalue weighted by molar-refractivity contribution is -0.171. The first-order valence-electron chi connectivity index (χ1n) is 9.16. The number of alkyl halides is 3. The highest BCUT2D eigenvalue weighted by molar-refractivity contribution is 6.67. The van der Waals surface area contributed by atoms with Crippen LogP contribution in [0.15, 0.2) is 30.4 Å². The van der Waals surface area contributed by atoms with Gasteiger partial charge in [0.25, 0.3) is 0 Å². The Morgan fingerprint density at radius 3 is 2.13 bits per heavy atom. The summed E-state index contributed by atoms with van der Waals surface area (Å²) in [4.78, 5) is 35.9. The van der Waals surface area contributed by atoms with Crippen LogP contribution in [0, 0.1) is 0 Å². The van der Waals surface area contributed by atoms with Gasteiger partial charge in [-0.05, 0) is 43.0 Å². The number of ether oxygens (including phenoxy) is 3. The van der Waals surface area contributed by atoms with E-state index in [2.05, 4.69) is 6.58 Å². The summed E-state index contributed by atoms with van der Waals surface area (Å²) in [7, 11) is 0. The third-order valence-electron chi connectivity index (χ3n) is 4.44. The summed E-state index contributed by atoms with van der Waals surface area (Å²) in [6.45, 7) is 2.84. The highest BCUT2D eigenvalue weighted by Crippen LogP contribution is 2.46. The van der Waals surface area contributed by atoms with Crippen molar-refractivity contribution in [3.63, 3.8) is 0 Å². The first-order valence-corrected chi connectivity index (χ1v) is 11.0. The minimum Gasteiger partial charge on any atom is -0.462 e. The number of halogens is 5. The quantitative estimate of drug-likeness (QED) is 0.176. The van der Waals surface area contributed by atoms with Crippen molar-refractivity contribution in [3.05, 3.63) is 46.0 Å². The molecule has 1 aromatic carbocycles. The number of benzene rings is 1. The van der Waals surface area contributed by atoms with Gasteiger partial charge in [0, 0.05) is 15.6 Å². The minimum absolute atomic E-state index is 0.113. The molecule has 1 aromatic rings. The van der Waals surface area contributed by atoms with Crippen molar-refractivity contribution >= 4 is 75.9 Å². The van der Waals surface area contributed by atoms with E-state index in [-0.39, 0.29) is 25.0 Å². The maximum atomic E-state index is 12.4. The van der Waals surface area contributed by atoms with Gasteiger partial charge in [-0.25, -0.2) is 4.79 Å². The Bertz CT molecular complexity index is 840. The number of hydrogen-bond acceptors (Lipinski definition) is 6. The van der Waals surface area contributed by atoms with E-state index in [9.17, 15) is 14.4 Å². The Balaban J connectivity index is 1.81. The second-order valence-electron chi connectivity index (χ2n) is 6.92. The van der Waals surface area contributed by atoms with E-state index in [1.807, 2.05) is 0 Å². The van der Waals surface area contributed by atoms with Gasteiger partial charge in [0.2, 0.25) is 3.79 Å². The molecule has 31 heavy (non-hydrogen) atoms. The van der Waals surface area contributed by atoms with Crippen molar-refractivity contribution < 1.29 is 28.6 Å². The van der Waals surface area contributed by atoms with E-state index in [0.717, 1.165) is 6.42 Å². The first-order chi connectivity index (χ1) is 14.4. The molecule has 11 heteroatoms. The Hall–Kier alpha value is -1.18. The lowest BCUT2D eigenvalue weighted by Gasteiger charge is -2.41. The predicted molar refractivity (Wildman–Crippen MR) is 119 cm³/mol. The number of carbonyl (C=O) groups excluding carboxylic acids is 3. The number of esters is 3. The van der Waals surface area contributed by atoms with Gasteiger partial charge < -0.3 is 14.2 Å². The second kappa shape index (κ2) is 11.1. The van der Waals surface area contributed by atoms with Gasteiger partial charge in [-0.15, -0.1) is 0 Å². The van der Waals surface area contributed by atoms with Crippen LogP contribution < -0.4 is 0 Å². The Morgan fingerprint density at radius 1 is 1.00 bits per heavy atom. The van der Waals surface area contributed by atoms with E-state index < -0.39 is 33.9 Å². The lowest BCUT2D eigenvalue weighted by atomic mass is 9.75. The standard InChI is InChI=1S/C20H19Cl5O6/c1-12(18(28)29-6-3-16(26)30-11-20(23,24)25)7-17(27)31-19(4-2-5-19)13-8-14(21)10-15(22)9-13/h8-10H,1-7,11H2. The molecule has 1 aliphatic rings. The highest BCUT2D eigenvalue weighted by atomic mass is 35.6. The zero-order chi connectivity index (χ0) is 23.2. The van der Waals surface area contributed by atoms with Gasteiger partial charge in [-0.2, -0.15) is 0 Å². The third-order valence-corrected chi connectivity index (χ3v) is 5.21. The Morgan fingerprint density at radius 2 is 1.61 bits per heavy atom. The average molecular weight is 533 g/mol. The van der Waals surface area contributed by atoms with Crippen LogP contribution in [0.5, 0.6) is 0 Å². The summed E-state index contributed by atoms with van der Waals surface area (Å²) in [6, 6.07) is 4.99. The summed E-state index contributed by atoms with van der Waals surface area (Å²) in [5.74, 6) is -2.18. The van der Waals surface area contributed by atoms with Crippen molar-refractivity contribution in [2.24, 2.45) is 0 Å². The van der Waals surface area contributed by atoms with Crippen LogP contribution in [0.4, 0.5) is 0 Å². The number of rotatable bonds is 9. The van der Waals surface area contributed by atoms with E-state index in [1.54, 1.807) is 18.2 Å². The van der Waals surface area contributed by atoms with Crippen molar-refractivity contribution in [2.75, 3.05) is 13.2 Å². The largest absolute Gasteiger partial charge is 0.462 e. The van der Waals surface area contributed by atoms with E-state index >= 15 is 0 Å². The van der Waals surface area contributed by atoms with Crippen molar-refractivity contribution in [1.29, 1.82) is 0 Å². The van der Waals surface area contributed by atoms with Crippen molar-refractivity contribution in [1.82, 2.24) is 0 Å². The molecule has 0 aromatic heterocycles. The van der Waals surface area contributed by atoms with Gasteiger partial charge >= 0.3 is 17.9 Å². The normalized spacial score (nSPS) is 14.9. The van der Waals surface area contributed by atoms with Gasteiger partial charge in [-0.3, -0.25) is 9.59 Å². The molecule has 0 saturated heterocycles. The van der Waals surface area contributed by atoms with Crippen LogP contribution in [0.3, 0.4) is 0 Å². The Kier molecular flexibility index (Phi) is 9.34. The van der Waals surface area contributed by atoms with Crippen molar-refractivity contribution in [2.45, 2.75) is 41.5 Å². The summed E-state index contributed by atoms with van der Waals surface area (Å²) in [5.41, 5.74) is -0.244. The first kappa shape index (κ1) is 26.1. The number of carbonyl (C=O) groups is 3. The van der Waals surface area contributed by atoms with Crippen molar-refractivity contribution in [3.8, 4) is 0 Å². The molecule has 1 aliphatic carbocycles. The summed E-state index contributed by atoms with van der Waals surface area (Å²) >= 11 is 28.5. The van der Waals surface area contributed by atoms with Crippen LogP contribution >= 0.6 is 58.0 Å².